The van der Waals surface area contributed by atoms with Crippen molar-refractivity contribution in [3.8, 4) is 11.6 Å². The Balaban J connectivity index is 1.53. The summed E-state index contributed by atoms with van der Waals surface area (Å²) >= 11 is 1.44. The van der Waals surface area contributed by atoms with E-state index in [0.717, 1.165) is 53.0 Å². The van der Waals surface area contributed by atoms with Crippen LogP contribution in [-0.2, 0) is 6.18 Å². The number of allylic oxidation sites excluding steroid dienone is 2. The van der Waals surface area contributed by atoms with Gasteiger partial charge in [-0.25, -0.2) is 5.10 Å². The van der Waals surface area contributed by atoms with Crippen LogP contribution in [0, 0.1) is 5.92 Å². The second kappa shape index (κ2) is 12.4. The Bertz CT molecular complexity index is 1430. The molecule has 2 fully saturated rings. The zero-order chi connectivity index (χ0) is 29.0. The number of nitrogens with zero attached hydrogens (tertiary/aromatic N) is 4. The molecule has 0 radical (unpaired) electrons. The number of nitrogens with two attached hydrogens (primary N) is 1. The highest BCUT2D eigenvalue weighted by Gasteiger charge is 2.41. The number of piperidine rings is 1. The van der Waals surface area contributed by atoms with Gasteiger partial charge in [-0.2, -0.15) is 28.5 Å². The zero-order valence-electron chi connectivity index (χ0n) is 22.7. The third kappa shape index (κ3) is 6.94. The number of aromatic nitrogens is 4. The fourth-order valence-electron chi connectivity index (χ4n) is 4.90. The van der Waals surface area contributed by atoms with Crippen LogP contribution in [0.15, 0.2) is 71.7 Å². The number of alkyl halides is 3. The molecule has 216 valence electrons. The molecule has 3 aromatic rings. The summed E-state index contributed by atoms with van der Waals surface area (Å²) in [7, 11) is 0. The lowest BCUT2D eigenvalue weighted by molar-refractivity contribution is -0.138. The molecule has 1 saturated heterocycles. The van der Waals surface area contributed by atoms with Crippen molar-refractivity contribution in [2.24, 2.45) is 11.7 Å². The van der Waals surface area contributed by atoms with E-state index < -0.39 is 11.7 Å². The highest BCUT2D eigenvalue weighted by molar-refractivity contribution is 8.10. The number of nitrogens with one attached hydrogen (secondary N) is 2. The first-order valence-corrected chi connectivity index (χ1v) is 14.3. The molecule has 0 amide bonds. The molecule has 0 bridgehead atoms. The summed E-state index contributed by atoms with van der Waals surface area (Å²) in [4.78, 5) is 2.59. The SMILES string of the molecule is C=C(S/C=C(\C)C(Nc1ccc(Oc2ccn[nH]2)c(C(F)(F)F)c1N1CCC[C@@H](CN)C1)=C1CC1)c1ccnnc1. The van der Waals surface area contributed by atoms with Gasteiger partial charge in [-0.3, -0.25) is 0 Å². The fraction of sp³-hybridized carbons (Fsp3) is 0.345. The number of benzene rings is 1. The van der Waals surface area contributed by atoms with Crippen LogP contribution in [0.25, 0.3) is 4.91 Å². The maximum atomic E-state index is 14.9. The number of rotatable bonds is 10. The van der Waals surface area contributed by atoms with Gasteiger partial charge in [0.05, 0.1) is 30.0 Å². The van der Waals surface area contributed by atoms with Crippen LogP contribution < -0.4 is 20.7 Å². The number of hydrogen-bond acceptors (Lipinski definition) is 8. The molecule has 5 rings (SSSR count). The molecule has 4 N–H and O–H groups in total. The van der Waals surface area contributed by atoms with Crippen LogP contribution in [0.1, 0.15) is 43.7 Å². The molecule has 1 aliphatic heterocycles. The van der Waals surface area contributed by atoms with E-state index in [-0.39, 0.29) is 23.2 Å². The van der Waals surface area contributed by atoms with Crippen LogP contribution in [0.3, 0.4) is 0 Å². The summed E-state index contributed by atoms with van der Waals surface area (Å²) in [6, 6.07) is 6.33. The molecule has 1 aliphatic carbocycles. The third-order valence-electron chi connectivity index (χ3n) is 7.08. The maximum absolute atomic E-state index is 14.9. The van der Waals surface area contributed by atoms with Crippen LogP contribution in [0.2, 0.25) is 0 Å². The predicted octanol–water partition coefficient (Wildman–Crippen LogP) is 6.95. The minimum absolute atomic E-state index is 0.0686. The van der Waals surface area contributed by atoms with Gasteiger partial charge in [0.2, 0.25) is 5.88 Å². The maximum Gasteiger partial charge on any atom is 0.422 e. The van der Waals surface area contributed by atoms with Crippen molar-refractivity contribution in [2.75, 3.05) is 29.9 Å². The van der Waals surface area contributed by atoms with Gasteiger partial charge in [0.25, 0.3) is 0 Å². The second-order valence-electron chi connectivity index (χ2n) is 10.1. The van der Waals surface area contributed by atoms with Crippen LogP contribution >= 0.6 is 11.8 Å². The van der Waals surface area contributed by atoms with Crippen LogP contribution in [0.5, 0.6) is 11.6 Å². The predicted molar refractivity (Wildman–Crippen MR) is 156 cm³/mol. The van der Waals surface area contributed by atoms with E-state index in [1.165, 1.54) is 30.1 Å². The number of H-pyrrole nitrogens is 1. The molecule has 1 saturated carbocycles. The lowest BCUT2D eigenvalue weighted by atomic mass is 9.96. The van der Waals surface area contributed by atoms with Gasteiger partial charge in [0.15, 0.2) is 0 Å². The number of halogens is 3. The molecule has 2 aliphatic rings. The molecule has 12 heteroatoms. The number of ether oxygens (including phenoxy) is 1. The van der Waals surface area contributed by atoms with Gasteiger partial charge in [0.1, 0.15) is 11.3 Å². The van der Waals surface area contributed by atoms with Crippen molar-refractivity contribution in [2.45, 2.75) is 38.8 Å². The summed E-state index contributed by atoms with van der Waals surface area (Å²) < 4.78 is 50.2. The van der Waals surface area contributed by atoms with Gasteiger partial charge in [-0.05, 0) is 79.8 Å². The number of anilines is 2. The molecular weight excluding hydrogens is 551 g/mol. The summed E-state index contributed by atoms with van der Waals surface area (Å²) in [5, 5.41) is 19.4. The summed E-state index contributed by atoms with van der Waals surface area (Å²) in [6.07, 6.45) is 3.39. The normalized spacial score (nSPS) is 17.4. The molecule has 3 heterocycles. The van der Waals surface area contributed by atoms with Gasteiger partial charge >= 0.3 is 6.18 Å². The zero-order valence-corrected chi connectivity index (χ0v) is 23.5. The molecule has 0 unspecified atom stereocenters. The average Bonchev–Trinajstić information content (AvgIpc) is 3.69. The average molecular weight is 584 g/mol. The van der Waals surface area contributed by atoms with Crippen molar-refractivity contribution in [3.05, 3.63) is 82.8 Å². The lowest BCUT2D eigenvalue weighted by Gasteiger charge is -2.37. The van der Waals surface area contributed by atoms with E-state index in [1.807, 2.05) is 18.4 Å². The fourth-order valence-corrected chi connectivity index (χ4v) is 5.59. The standard InChI is InChI=1S/C29H32F3N7OS/c1-18(17-41-19(2)22-9-11-34-36-15-22)27(21-5-6-21)37-23-7-8-24(40-25-10-12-35-38-25)26(29(30,31)32)28(23)39-13-3-4-20(14-33)16-39/h7-12,15,17,20,37H,2-6,13-14,16,33H2,1H3,(H,35,38)/b18-17+/t20-/m0/s1. The Hall–Kier alpha value is -3.77. The Labute approximate surface area is 240 Å². The topological polar surface area (TPSA) is 105 Å². The molecule has 8 nitrogen and oxygen atoms in total. The number of thioether (sulfide) groups is 1. The molecule has 1 aromatic carbocycles. The third-order valence-corrected chi connectivity index (χ3v) is 8.07. The molecule has 0 spiro atoms. The van der Waals surface area contributed by atoms with Crippen LogP contribution in [-0.4, -0.2) is 40.0 Å². The van der Waals surface area contributed by atoms with E-state index in [2.05, 4.69) is 32.3 Å². The highest BCUT2D eigenvalue weighted by atomic mass is 32.2. The minimum Gasteiger partial charge on any atom is -0.439 e. The number of aromatic amines is 1. The van der Waals surface area contributed by atoms with Crippen molar-refractivity contribution < 1.29 is 17.9 Å². The Kier molecular flexibility index (Phi) is 8.69. The van der Waals surface area contributed by atoms with E-state index in [1.54, 1.807) is 23.4 Å². The van der Waals surface area contributed by atoms with Gasteiger partial charge in [-0.1, -0.05) is 18.3 Å². The van der Waals surface area contributed by atoms with E-state index in [9.17, 15) is 13.2 Å². The van der Waals surface area contributed by atoms with E-state index >= 15 is 0 Å². The Morgan fingerprint density at radius 2 is 2.07 bits per heavy atom. The summed E-state index contributed by atoms with van der Waals surface area (Å²) in [5.74, 6) is -0.0624. The quantitative estimate of drug-likeness (QED) is 0.235. The van der Waals surface area contributed by atoms with Gasteiger partial charge in [-0.15, -0.1) is 0 Å². The smallest absolute Gasteiger partial charge is 0.422 e. The van der Waals surface area contributed by atoms with Crippen molar-refractivity contribution in [3.63, 3.8) is 0 Å². The second-order valence-corrected chi connectivity index (χ2v) is 11.1. The molecular formula is C29H32F3N7OS. The van der Waals surface area contributed by atoms with Crippen molar-refractivity contribution >= 4 is 28.0 Å². The molecule has 2 aromatic heterocycles. The van der Waals surface area contributed by atoms with E-state index in [4.69, 9.17) is 10.5 Å². The monoisotopic (exact) mass is 583 g/mol. The minimum atomic E-state index is -4.68. The Morgan fingerprint density at radius 3 is 2.73 bits per heavy atom. The largest absolute Gasteiger partial charge is 0.439 e. The first kappa shape index (κ1) is 28.7. The summed E-state index contributed by atoms with van der Waals surface area (Å²) in [6.45, 7) is 7.40. The van der Waals surface area contributed by atoms with Crippen molar-refractivity contribution in [1.82, 2.24) is 20.4 Å². The Morgan fingerprint density at radius 1 is 1.24 bits per heavy atom. The van der Waals surface area contributed by atoms with Gasteiger partial charge in [0, 0.05) is 35.3 Å². The van der Waals surface area contributed by atoms with Crippen molar-refractivity contribution in [1.29, 1.82) is 0 Å². The highest BCUT2D eigenvalue weighted by Crippen LogP contribution is 2.49. The first-order valence-electron chi connectivity index (χ1n) is 13.4. The van der Waals surface area contributed by atoms with Crippen LogP contribution in [0.4, 0.5) is 24.5 Å². The lowest BCUT2D eigenvalue weighted by Crippen LogP contribution is -2.39. The first-order chi connectivity index (χ1) is 19.7. The number of hydrogen-bond donors (Lipinski definition) is 3. The van der Waals surface area contributed by atoms with Gasteiger partial charge < -0.3 is 20.7 Å². The molecule has 1 atom stereocenters. The van der Waals surface area contributed by atoms with E-state index in [0.29, 0.717) is 25.3 Å². The molecule has 41 heavy (non-hydrogen) atoms. The summed E-state index contributed by atoms with van der Waals surface area (Å²) in [5.41, 5.74) is 9.31.